The van der Waals surface area contributed by atoms with E-state index in [0.29, 0.717) is 0 Å². The molecule has 0 bridgehead atoms. The van der Waals surface area contributed by atoms with E-state index in [2.05, 4.69) is 17.5 Å². The molecule has 0 amide bonds. The maximum absolute atomic E-state index is 5.23. The lowest BCUT2D eigenvalue weighted by molar-refractivity contribution is 1.54. The van der Waals surface area contributed by atoms with Crippen molar-refractivity contribution in [2.45, 2.75) is 5.75 Å². The van der Waals surface area contributed by atoms with E-state index in [1.807, 2.05) is 11.8 Å². The smallest absolute Gasteiger partial charge is 0.0282 e. The average Bonchev–Trinajstić information content (AvgIpc) is 2.41. The van der Waals surface area contributed by atoms with E-state index < -0.39 is 0 Å². The summed E-state index contributed by atoms with van der Waals surface area (Å²) in [6, 6.07) is 4.22. The van der Waals surface area contributed by atoms with Gasteiger partial charge in [-0.25, -0.2) is 0 Å². The van der Waals surface area contributed by atoms with E-state index >= 15 is 0 Å². The summed E-state index contributed by atoms with van der Waals surface area (Å²) in [5.41, 5.74) is 0. The van der Waals surface area contributed by atoms with Crippen LogP contribution >= 0.6 is 23.1 Å². The van der Waals surface area contributed by atoms with Crippen molar-refractivity contribution in [3.8, 4) is 0 Å². The monoisotopic (exact) mass is 169 g/mol. The quantitative estimate of drug-likeness (QED) is 0.624. The summed E-state index contributed by atoms with van der Waals surface area (Å²) in [7, 11) is 0. The number of hydrogen-bond donors (Lipinski definition) is 0. The Morgan fingerprint density at radius 1 is 1.70 bits per heavy atom. The predicted molar refractivity (Wildman–Crippen MR) is 49.4 cm³/mol. The van der Waals surface area contributed by atoms with Crippen LogP contribution in [0.2, 0.25) is 0 Å². The highest BCUT2D eigenvalue weighted by Crippen LogP contribution is 2.16. The molecule has 0 fully saturated rings. The molecule has 0 saturated carbocycles. The minimum atomic E-state index is 0.942. The van der Waals surface area contributed by atoms with Crippen LogP contribution in [-0.4, -0.2) is 5.75 Å². The van der Waals surface area contributed by atoms with Gasteiger partial charge >= 0.3 is 0 Å². The molecular formula is C8H9S2. The first-order chi connectivity index (χ1) is 4.93. The van der Waals surface area contributed by atoms with E-state index in [1.54, 1.807) is 17.4 Å². The molecule has 0 aromatic carbocycles. The Morgan fingerprint density at radius 2 is 2.60 bits per heavy atom. The zero-order chi connectivity index (χ0) is 7.23. The molecule has 0 aliphatic carbocycles. The first-order valence-corrected chi connectivity index (χ1v) is 5.10. The van der Waals surface area contributed by atoms with E-state index in [0.717, 1.165) is 11.5 Å². The van der Waals surface area contributed by atoms with Gasteiger partial charge in [-0.05, 0) is 11.4 Å². The first kappa shape index (κ1) is 7.89. The van der Waals surface area contributed by atoms with E-state index in [1.165, 1.54) is 4.88 Å². The fourth-order valence-electron chi connectivity index (χ4n) is 0.622. The molecule has 0 nitrogen and oxygen atoms in total. The second-order valence-corrected chi connectivity index (χ2v) is 3.89. The summed E-state index contributed by atoms with van der Waals surface area (Å²) >= 11 is 3.64. The van der Waals surface area contributed by atoms with Gasteiger partial charge < -0.3 is 0 Å². The molecule has 2 heteroatoms. The molecule has 0 saturated heterocycles. The minimum absolute atomic E-state index is 0.942. The molecule has 10 heavy (non-hydrogen) atoms. The van der Waals surface area contributed by atoms with Crippen molar-refractivity contribution in [1.29, 1.82) is 0 Å². The summed E-state index contributed by atoms with van der Waals surface area (Å²) in [4.78, 5) is 1.42. The van der Waals surface area contributed by atoms with Crippen molar-refractivity contribution in [2.75, 3.05) is 5.75 Å². The van der Waals surface area contributed by atoms with Gasteiger partial charge in [0.2, 0.25) is 0 Å². The molecule has 1 radical (unpaired) electrons. The Hall–Kier alpha value is -0.210. The lowest BCUT2D eigenvalue weighted by atomic mass is 10.5. The Balaban J connectivity index is 2.21. The topological polar surface area (TPSA) is 0 Å². The Morgan fingerprint density at radius 3 is 3.20 bits per heavy atom. The molecule has 0 aliphatic rings. The number of rotatable bonds is 4. The predicted octanol–water partition coefficient (Wildman–Crippen LogP) is 2.97. The van der Waals surface area contributed by atoms with Crippen LogP contribution in [0.5, 0.6) is 0 Å². The fraction of sp³-hybridized carbons (Fsp3) is 0.250. The van der Waals surface area contributed by atoms with Crippen LogP contribution < -0.4 is 0 Å². The van der Waals surface area contributed by atoms with Gasteiger partial charge in [-0.15, -0.1) is 11.3 Å². The standard InChI is InChI=1S/C8H9S2/c1-2-5-9-7-8-4-3-6-10-8/h1-4,6H,5,7H2. The highest BCUT2D eigenvalue weighted by molar-refractivity contribution is 7.98. The first-order valence-electron chi connectivity index (χ1n) is 3.07. The molecule has 0 N–H and O–H groups in total. The van der Waals surface area contributed by atoms with Crippen molar-refractivity contribution in [2.24, 2.45) is 0 Å². The van der Waals surface area contributed by atoms with Crippen molar-refractivity contribution >= 4 is 23.1 Å². The zero-order valence-corrected chi connectivity index (χ0v) is 7.25. The summed E-state index contributed by atoms with van der Waals surface area (Å²) in [6.07, 6.45) is 1.69. The molecule has 0 unspecified atom stereocenters. The van der Waals surface area contributed by atoms with Gasteiger partial charge in [-0.2, -0.15) is 11.8 Å². The van der Waals surface area contributed by atoms with Gasteiger partial charge in [-0.3, -0.25) is 0 Å². The third-order valence-corrected chi connectivity index (χ3v) is 3.04. The summed E-state index contributed by atoms with van der Waals surface area (Å²) in [5.74, 6) is 2.03. The lowest BCUT2D eigenvalue weighted by Crippen LogP contribution is -1.72. The molecule has 1 heterocycles. The minimum Gasteiger partial charge on any atom is -0.152 e. The number of thioether (sulfide) groups is 1. The van der Waals surface area contributed by atoms with Gasteiger partial charge in [0.05, 0.1) is 0 Å². The van der Waals surface area contributed by atoms with Crippen LogP contribution in [0.15, 0.2) is 23.6 Å². The average molecular weight is 169 g/mol. The van der Waals surface area contributed by atoms with Gasteiger partial charge in [0.25, 0.3) is 0 Å². The van der Waals surface area contributed by atoms with Crippen LogP contribution in [0.4, 0.5) is 0 Å². The number of hydrogen-bond acceptors (Lipinski definition) is 2. The van der Waals surface area contributed by atoms with Gasteiger partial charge in [0, 0.05) is 16.4 Å². The fourth-order valence-corrected chi connectivity index (χ4v) is 2.18. The Kier molecular flexibility index (Phi) is 3.62. The van der Waals surface area contributed by atoms with Crippen LogP contribution in [-0.2, 0) is 5.75 Å². The number of thiophene rings is 1. The second-order valence-electron chi connectivity index (χ2n) is 1.83. The summed E-state index contributed by atoms with van der Waals surface area (Å²) in [5, 5.41) is 2.10. The molecule has 1 rings (SSSR count). The molecule has 0 spiro atoms. The van der Waals surface area contributed by atoms with Crippen molar-refractivity contribution < 1.29 is 0 Å². The highest BCUT2D eigenvalue weighted by Gasteiger charge is 1.90. The van der Waals surface area contributed by atoms with Crippen LogP contribution in [0, 0.1) is 6.58 Å². The lowest BCUT2D eigenvalue weighted by Gasteiger charge is -1.91. The maximum Gasteiger partial charge on any atom is 0.0282 e. The molecule has 1 aromatic heterocycles. The van der Waals surface area contributed by atoms with Crippen LogP contribution in [0.1, 0.15) is 4.88 Å². The van der Waals surface area contributed by atoms with Crippen LogP contribution in [0.25, 0.3) is 0 Å². The summed E-state index contributed by atoms with van der Waals surface area (Å²) < 4.78 is 0. The molecule has 53 valence electrons. The van der Waals surface area contributed by atoms with Crippen LogP contribution in [0.3, 0.4) is 0 Å². The third kappa shape index (κ3) is 2.58. The SMILES string of the molecule is [CH]=CCSCc1cccs1. The molecular weight excluding hydrogens is 160 g/mol. The van der Waals surface area contributed by atoms with E-state index in [9.17, 15) is 0 Å². The van der Waals surface area contributed by atoms with Crippen molar-refractivity contribution in [3.63, 3.8) is 0 Å². The maximum atomic E-state index is 5.23. The summed E-state index contributed by atoms with van der Waals surface area (Å²) in [6.45, 7) is 5.23. The Bertz CT molecular complexity index is 177. The highest BCUT2D eigenvalue weighted by atomic mass is 32.2. The Labute approximate surface area is 70.0 Å². The second kappa shape index (κ2) is 4.58. The largest absolute Gasteiger partial charge is 0.152 e. The molecule has 1 aromatic rings. The molecule has 0 atom stereocenters. The van der Waals surface area contributed by atoms with Crippen molar-refractivity contribution in [1.82, 2.24) is 0 Å². The van der Waals surface area contributed by atoms with Gasteiger partial charge in [-0.1, -0.05) is 18.7 Å². The normalized spacial score (nSPS) is 9.60. The van der Waals surface area contributed by atoms with E-state index in [4.69, 9.17) is 6.58 Å². The molecule has 0 aliphatic heterocycles. The van der Waals surface area contributed by atoms with Crippen molar-refractivity contribution in [3.05, 3.63) is 35.0 Å². The third-order valence-electron chi connectivity index (χ3n) is 1.04. The zero-order valence-electron chi connectivity index (χ0n) is 5.62. The van der Waals surface area contributed by atoms with Gasteiger partial charge in [0.15, 0.2) is 0 Å². The van der Waals surface area contributed by atoms with Gasteiger partial charge in [0.1, 0.15) is 0 Å². The van der Waals surface area contributed by atoms with E-state index in [-0.39, 0.29) is 0 Å².